The number of non-ortho nitro benzene ring substituents is 1. The van der Waals surface area contributed by atoms with Crippen LogP contribution in [0.2, 0.25) is 0 Å². The Morgan fingerprint density at radius 3 is 2.50 bits per heavy atom. The summed E-state index contributed by atoms with van der Waals surface area (Å²) < 4.78 is 14.3. The van der Waals surface area contributed by atoms with Crippen molar-refractivity contribution in [1.82, 2.24) is 4.98 Å². The Morgan fingerprint density at radius 2 is 1.81 bits per heavy atom. The molecule has 1 fully saturated rings. The molecule has 1 aliphatic heterocycles. The van der Waals surface area contributed by atoms with Crippen LogP contribution in [0.1, 0.15) is 28.3 Å². The van der Waals surface area contributed by atoms with E-state index in [4.69, 9.17) is 0 Å². The molecule has 2 heterocycles. The first-order chi connectivity index (χ1) is 17.2. The lowest BCUT2D eigenvalue weighted by molar-refractivity contribution is -0.384. The minimum absolute atomic E-state index is 0.140. The van der Waals surface area contributed by atoms with Crippen LogP contribution in [0.4, 0.5) is 15.2 Å². The van der Waals surface area contributed by atoms with Crippen molar-refractivity contribution in [3.63, 3.8) is 0 Å². The number of aliphatic hydroxyl groups is 1. The lowest BCUT2D eigenvalue weighted by Crippen LogP contribution is -2.29. The number of halogens is 1. The normalized spacial score (nSPS) is 17.2. The lowest BCUT2D eigenvalue weighted by Gasteiger charge is -2.23. The number of thiazole rings is 1. The van der Waals surface area contributed by atoms with Crippen LogP contribution >= 0.6 is 11.3 Å². The summed E-state index contributed by atoms with van der Waals surface area (Å²) >= 11 is 1.03. The number of fused-ring (bicyclic) bond motifs is 1. The average Bonchev–Trinajstić information content (AvgIpc) is 3.38. The topological polar surface area (TPSA) is 114 Å². The van der Waals surface area contributed by atoms with E-state index in [0.717, 1.165) is 21.8 Å². The molecular formula is C26H18FN3O5S. The highest BCUT2D eigenvalue weighted by Gasteiger charge is 2.48. The Hall–Kier alpha value is -4.44. The average molecular weight is 504 g/mol. The predicted molar refractivity (Wildman–Crippen MR) is 133 cm³/mol. The van der Waals surface area contributed by atoms with Gasteiger partial charge in [0.2, 0.25) is 0 Å². The van der Waals surface area contributed by atoms with E-state index in [0.29, 0.717) is 26.9 Å². The van der Waals surface area contributed by atoms with Gasteiger partial charge in [-0.1, -0.05) is 29.0 Å². The summed E-state index contributed by atoms with van der Waals surface area (Å²) in [4.78, 5) is 42.9. The highest BCUT2D eigenvalue weighted by molar-refractivity contribution is 7.22. The zero-order valence-electron chi connectivity index (χ0n) is 19.1. The number of carbonyl (C=O) groups excluding carboxylic acids is 2. The molecule has 0 aliphatic carbocycles. The van der Waals surface area contributed by atoms with Gasteiger partial charge in [-0.15, -0.1) is 0 Å². The molecule has 1 amide bonds. The maximum atomic E-state index is 13.8. The second kappa shape index (κ2) is 8.65. The minimum atomic E-state index is -1.10. The number of rotatable bonds is 4. The van der Waals surface area contributed by atoms with Crippen molar-refractivity contribution >= 4 is 49.8 Å². The molecule has 8 nitrogen and oxygen atoms in total. The van der Waals surface area contributed by atoms with Gasteiger partial charge in [0.05, 0.1) is 26.8 Å². The predicted octanol–water partition coefficient (Wildman–Crippen LogP) is 5.59. The number of hydrogen-bond acceptors (Lipinski definition) is 7. The quantitative estimate of drug-likeness (QED) is 0.128. The molecule has 10 heteroatoms. The maximum absolute atomic E-state index is 13.8. The van der Waals surface area contributed by atoms with Gasteiger partial charge in [-0.25, -0.2) is 9.37 Å². The molecule has 1 atom stereocenters. The fourth-order valence-corrected chi connectivity index (χ4v) is 5.27. The van der Waals surface area contributed by atoms with Crippen molar-refractivity contribution in [2.45, 2.75) is 19.9 Å². The number of carbonyl (C=O) groups is 2. The van der Waals surface area contributed by atoms with E-state index >= 15 is 0 Å². The fraction of sp³-hybridized carbons (Fsp3) is 0.115. The van der Waals surface area contributed by atoms with E-state index < -0.39 is 28.5 Å². The van der Waals surface area contributed by atoms with Crippen LogP contribution in [-0.4, -0.2) is 26.7 Å². The molecule has 1 saturated heterocycles. The number of anilines is 1. The van der Waals surface area contributed by atoms with Gasteiger partial charge in [-0.3, -0.25) is 24.6 Å². The van der Waals surface area contributed by atoms with Crippen LogP contribution in [0.25, 0.3) is 16.0 Å². The van der Waals surface area contributed by atoms with Gasteiger partial charge in [-0.05, 0) is 61.4 Å². The number of nitro benzene ring substituents is 1. The van der Waals surface area contributed by atoms with Gasteiger partial charge in [0.25, 0.3) is 11.5 Å². The largest absolute Gasteiger partial charge is 0.507 e. The fourth-order valence-electron chi connectivity index (χ4n) is 4.25. The van der Waals surface area contributed by atoms with Gasteiger partial charge in [0.15, 0.2) is 5.13 Å². The van der Waals surface area contributed by atoms with Gasteiger partial charge >= 0.3 is 5.91 Å². The summed E-state index contributed by atoms with van der Waals surface area (Å²) in [5.41, 5.74) is 2.42. The number of ketones is 1. The Kier molecular flexibility index (Phi) is 5.60. The first-order valence-electron chi connectivity index (χ1n) is 10.8. The van der Waals surface area contributed by atoms with E-state index in [1.54, 1.807) is 19.1 Å². The number of amides is 1. The summed E-state index contributed by atoms with van der Waals surface area (Å²) in [6.07, 6.45) is 0. The number of Topliss-reactive ketones (excluding diaryl/α,β-unsaturated/α-hetero) is 1. The molecule has 0 spiro atoms. The third kappa shape index (κ3) is 3.81. The van der Waals surface area contributed by atoms with Crippen molar-refractivity contribution in [2.75, 3.05) is 4.90 Å². The third-order valence-electron chi connectivity index (χ3n) is 6.06. The van der Waals surface area contributed by atoms with Crippen LogP contribution in [0, 0.1) is 29.8 Å². The second-order valence-electron chi connectivity index (χ2n) is 8.44. The Labute approximate surface area is 208 Å². The van der Waals surface area contributed by atoms with Crippen molar-refractivity contribution in [2.24, 2.45) is 0 Å². The zero-order chi connectivity index (χ0) is 25.7. The number of aromatic nitrogens is 1. The highest BCUT2D eigenvalue weighted by atomic mass is 32.1. The summed E-state index contributed by atoms with van der Waals surface area (Å²) in [6, 6.07) is 13.7. The van der Waals surface area contributed by atoms with Crippen molar-refractivity contribution in [3.8, 4) is 0 Å². The first kappa shape index (κ1) is 23.3. The van der Waals surface area contributed by atoms with Crippen LogP contribution in [0.3, 0.4) is 0 Å². The number of aryl methyl sites for hydroxylation is 2. The minimum Gasteiger partial charge on any atom is -0.507 e. The van der Waals surface area contributed by atoms with E-state index in [9.17, 15) is 29.2 Å². The number of benzene rings is 3. The summed E-state index contributed by atoms with van der Waals surface area (Å²) in [7, 11) is 0. The van der Waals surface area contributed by atoms with Gasteiger partial charge in [0, 0.05) is 17.7 Å². The summed E-state index contributed by atoms with van der Waals surface area (Å²) in [5, 5.41) is 22.7. The smallest absolute Gasteiger partial charge is 0.301 e. The Balaban J connectivity index is 1.75. The molecule has 1 aromatic heterocycles. The first-order valence-corrected chi connectivity index (χ1v) is 11.7. The standard InChI is InChI=1S/C26H18FN3O5S/c1-13-3-4-14(2)18(11-13)23(31)21-22(15-5-8-17(9-6-15)30(34)35)29(25(33)24(21)32)26-28-19-10-7-16(27)12-20(19)36-26/h3-12,22,31H,1-2H3. The van der Waals surface area contributed by atoms with Crippen molar-refractivity contribution < 1.29 is 24.0 Å². The molecule has 1 aliphatic rings. The Bertz CT molecular complexity index is 1610. The van der Waals surface area contributed by atoms with Crippen molar-refractivity contribution in [1.29, 1.82) is 0 Å². The molecule has 4 aromatic rings. The molecular weight excluding hydrogens is 485 g/mol. The van der Waals surface area contributed by atoms with Crippen molar-refractivity contribution in [3.05, 3.63) is 104 Å². The molecule has 0 bridgehead atoms. The molecule has 1 N–H and O–H groups in total. The summed E-state index contributed by atoms with van der Waals surface area (Å²) in [6.45, 7) is 3.61. The zero-order valence-corrected chi connectivity index (χ0v) is 19.9. The maximum Gasteiger partial charge on any atom is 0.301 e. The lowest BCUT2D eigenvalue weighted by atomic mass is 9.93. The second-order valence-corrected chi connectivity index (χ2v) is 9.45. The van der Waals surface area contributed by atoms with Crippen LogP contribution in [0.5, 0.6) is 0 Å². The van der Waals surface area contributed by atoms with Crippen LogP contribution in [-0.2, 0) is 9.59 Å². The monoisotopic (exact) mass is 503 g/mol. The molecule has 5 rings (SSSR count). The molecule has 1 unspecified atom stereocenters. The highest BCUT2D eigenvalue weighted by Crippen LogP contribution is 2.44. The number of aliphatic hydroxyl groups excluding tert-OH is 1. The van der Waals surface area contributed by atoms with E-state index in [-0.39, 0.29) is 22.2 Å². The van der Waals surface area contributed by atoms with E-state index in [2.05, 4.69) is 4.98 Å². The molecule has 36 heavy (non-hydrogen) atoms. The van der Waals surface area contributed by atoms with Crippen LogP contribution in [0.15, 0.2) is 66.2 Å². The van der Waals surface area contributed by atoms with Crippen LogP contribution < -0.4 is 4.90 Å². The Morgan fingerprint density at radius 1 is 1.08 bits per heavy atom. The van der Waals surface area contributed by atoms with E-state index in [1.165, 1.54) is 42.5 Å². The molecule has 180 valence electrons. The number of hydrogen-bond donors (Lipinski definition) is 1. The molecule has 0 saturated carbocycles. The number of nitro groups is 1. The van der Waals surface area contributed by atoms with Gasteiger partial charge in [-0.2, -0.15) is 0 Å². The molecule has 3 aromatic carbocycles. The number of nitrogens with zero attached hydrogens (tertiary/aromatic N) is 3. The van der Waals surface area contributed by atoms with Gasteiger partial charge < -0.3 is 5.11 Å². The van der Waals surface area contributed by atoms with Gasteiger partial charge in [0.1, 0.15) is 11.6 Å². The third-order valence-corrected chi connectivity index (χ3v) is 7.07. The molecule has 0 radical (unpaired) electrons. The van der Waals surface area contributed by atoms with E-state index in [1.807, 2.05) is 13.0 Å². The summed E-state index contributed by atoms with van der Waals surface area (Å²) in [5.74, 6) is -2.65. The SMILES string of the molecule is Cc1ccc(C)c(C(O)=C2C(=O)C(=O)N(c3nc4ccc(F)cc4s3)C2c2ccc([N+](=O)[O-])cc2)c1.